The molecule has 1 N–H and O–H groups in total. The van der Waals surface area contributed by atoms with Crippen LogP contribution in [0.2, 0.25) is 0 Å². The van der Waals surface area contributed by atoms with Crippen molar-refractivity contribution in [2.75, 3.05) is 26.0 Å². The quantitative estimate of drug-likeness (QED) is 0.324. The summed E-state index contributed by atoms with van der Waals surface area (Å²) in [5.41, 5.74) is 5.26. The molecule has 0 aromatic heterocycles. The van der Waals surface area contributed by atoms with Gasteiger partial charge in [0.25, 0.3) is 0 Å². The van der Waals surface area contributed by atoms with Crippen molar-refractivity contribution in [1.82, 2.24) is 4.90 Å². The Balaban J connectivity index is 0.000000479. The molecule has 0 bridgehead atoms. The number of carbonyl (C=O) groups is 1. The van der Waals surface area contributed by atoms with Crippen LogP contribution in [0.3, 0.4) is 0 Å². The van der Waals surface area contributed by atoms with Gasteiger partial charge in [-0.05, 0) is 86.0 Å². The average molecular weight is 532 g/mol. The van der Waals surface area contributed by atoms with Crippen molar-refractivity contribution in [2.24, 2.45) is 5.92 Å². The minimum Gasteiger partial charge on any atom is -0.493 e. The minimum atomic E-state index is -5.08. The molecule has 0 unspecified atom stereocenters. The van der Waals surface area contributed by atoms with Crippen molar-refractivity contribution in [3.63, 3.8) is 0 Å². The number of hydrogen-bond acceptors (Lipinski definition) is 4. The number of ether oxygens (including phenoxy) is 1. The van der Waals surface area contributed by atoms with Crippen LogP contribution in [-0.2, 0) is 11.3 Å². The summed E-state index contributed by atoms with van der Waals surface area (Å²) in [7, 11) is 0. The number of carboxylic acid groups (broad SMARTS) is 1. The Hall–Kier alpha value is -2.97. The van der Waals surface area contributed by atoms with Crippen LogP contribution in [0.4, 0.5) is 13.2 Å². The lowest BCUT2D eigenvalue weighted by molar-refractivity contribution is -0.192. The molecule has 1 saturated heterocycles. The lowest BCUT2D eigenvalue weighted by Crippen LogP contribution is -2.35. The first kappa shape index (κ1) is 28.6. The fraction of sp³-hybridized carbons (Fsp3) is 0.345. The van der Waals surface area contributed by atoms with Gasteiger partial charge in [0.2, 0.25) is 0 Å². The van der Waals surface area contributed by atoms with Gasteiger partial charge in [0, 0.05) is 11.4 Å². The Morgan fingerprint density at radius 2 is 1.57 bits per heavy atom. The molecule has 1 heterocycles. The maximum absolute atomic E-state index is 10.6. The molecule has 0 amide bonds. The SMILES string of the molecule is CSc1ccc(-c2ccc(OCC3CCN(Cc4cccc(C)c4)CC3)cc2)cc1.O=C(O)C(F)(F)F. The summed E-state index contributed by atoms with van der Waals surface area (Å²) in [5.74, 6) is -1.13. The largest absolute Gasteiger partial charge is 0.493 e. The molecular weight excluding hydrogens is 499 g/mol. The summed E-state index contributed by atoms with van der Waals surface area (Å²) in [4.78, 5) is 12.8. The third kappa shape index (κ3) is 9.44. The molecule has 4 rings (SSSR count). The number of likely N-dealkylation sites (tertiary alicyclic amines) is 1. The molecule has 0 spiro atoms. The number of aryl methyl sites for hydroxylation is 1. The van der Waals surface area contributed by atoms with Gasteiger partial charge in [0.05, 0.1) is 6.61 Å². The number of aliphatic carboxylic acids is 1. The average Bonchev–Trinajstić information content (AvgIpc) is 2.88. The monoisotopic (exact) mass is 531 g/mol. The first-order valence-corrected chi connectivity index (χ1v) is 13.3. The number of carboxylic acids is 1. The Kier molecular flexibility index (Phi) is 10.5. The van der Waals surface area contributed by atoms with Crippen LogP contribution in [0.5, 0.6) is 5.75 Å². The summed E-state index contributed by atoms with van der Waals surface area (Å²) < 4.78 is 37.9. The van der Waals surface area contributed by atoms with Crippen LogP contribution in [-0.4, -0.2) is 48.1 Å². The highest BCUT2D eigenvalue weighted by atomic mass is 32.2. The molecule has 198 valence electrons. The zero-order valence-electron chi connectivity index (χ0n) is 21.0. The van der Waals surface area contributed by atoms with E-state index in [1.165, 1.54) is 40.0 Å². The van der Waals surface area contributed by atoms with Crippen LogP contribution in [0, 0.1) is 12.8 Å². The Morgan fingerprint density at radius 3 is 2.08 bits per heavy atom. The minimum absolute atomic E-state index is 0.650. The maximum Gasteiger partial charge on any atom is 0.490 e. The first-order valence-electron chi connectivity index (χ1n) is 12.1. The Bertz CT molecular complexity index is 1130. The van der Waals surface area contributed by atoms with E-state index in [0.717, 1.165) is 32.0 Å². The lowest BCUT2D eigenvalue weighted by atomic mass is 9.97. The fourth-order valence-corrected chi connectivity index (χ4v) is 4.53. The third-order valence-corrected chi connectivity index (χ3v) is 6.95. The van der Waals surface area contributed by atoms with Gasteiger partial charge < -0.3 is 9.84 Å². The summed E-state index contributed by atoms with van der Waals surface area (Å²) in [6.45, 7) is 6.37. The number of halogens is 3. The van der Waals surface area contributed by atoms with Gasteiger partial charge in [-0.25, -0.2) is 4.79 Å². The van der Waals surface area contributed by atoms with Crippen molar-refractivity contribution in [1.29, 1.82) is 0 Å². The second-order valence-corrected chi connectivity index (χ2v) is 9.96. The van der Waals surface area contributed by atoms with Gasteiger partial charge in [0.15, 0.2) is 0 Å². The van der Waals surface area contributed by atoms with Crippen molar-refractivity contribution in [3.8, 4) is 16.9 Å². The van der Waals surface area contributed by atoms with E-state index < -0.39 is 12.1 Å². The normalized spacial score (nSPS) is 14.5. The van der Waals surface area contributed by atoms with E-state index in [1.807, 2.05) is 0 Å². The van der Waals surface area contributed by atoms with Gasteiger partial charge in [-0.2, -0.15) is 13.2 Å². The number of nitrogens with zero attached hydrogens (tertiary/aromatic N) is 1. The molecular formula is C29H32F3NO3S. The smallest absolute Gasteiger partial charge is 0.490 e. The van der Waals surface area contributed by atoms with Crippen molar-refractivity contribution < 1.29 is 27.8 Å². The topological polar surface area (TPSA) is 49.8 Å². The van der Waals surface area contributed by atoms with E-state index in [0.29, 0.717) is 5.92 Å². The molecule has 3 aromatic rings. The molecule has 0 atom stereocenters. The first-order chi connectivity index (χ1) is 17.6. The van der Waals surface area contributed by atoms with Crippen LogP contribution in [0.25, 0.3) is 11.1 Å². The molecule has 1 aliphatic rings. The van der Waals surface area contributed by atoms with E-state index in [9.17, 15) is 13.2 Å². The van der Waals surface area contributed by atoms with Gasteiger partial charge in [0.1, 0.15) is 5.75 Å². The van der Waals surface area contributed by atoms with Crippen LogP contribution >= 0.6 is 11.8 Å². The van der Waals surface area contributed by atoms with Gasteiger partial charge in [-0.1, -0.05) is 54.1 Å². The number of hydrogen-bond donors (Lipinski definition) is 1. The number of rotatable bonds is 7. The van der Waals surface area contributed by atoms with Crippen LogP contribution in [0.15, 0.2) is 77.7 Å². The van der Waals surface area contributed by atoms with Crippen molar-refractivity contribution in [2.45, 2.75) is 37.4 Å². The predicted octanol–water partition coefficient (Wildman–Crippen LogP) is 7.31. The molecule has 8 heteroatoms. The Labute approximate surface area is 220 Å². The summed E-state index contributed by atoms with van der Waals surface area (Å²) in [6, 6.07) is 26.1. The second kappa shape index (κ2) is 13.5. The molecule has 4 nitrogen and oxygen atoms in total. The highest BCUT2D eigenvalue weighted by Crippen LogP contribution is 2.26. The highest BCUT2D eigenvalue weighted by molar-refractivity contribution is 7.98. The zero-order chi connectivity index (χ0) is 26.8. The lowest BCUT2D eigenvalue weighted by Gasteiger charge is -2.32. The van der Waals surface area contributed by atoms with Gasteiger partial charge in [-0.15, -0.1) is 11.8 Å². The molecule has 37 heavy (non-hydrogen) atoms. The van der Waals surface area contributed by atoms with Gasteiger partial charge in [-0.3, -0.25) is 4.90 Å². The zero-order valence-corrected chi connectivity index (χ0v) is 21.8. The standard InChI is InChI=1S/C27H31NOS.C2HF3O2/c1-21-4-3-5-23(18-21)19-28-16-14-22(15-17-28)20-29-26-10-6-24(7-11-26)25-8-12-27(30-2)13-9-25;3-2(4,5)1(6)7/h3-13,18,22H,14-17,19-20H2,1-2H3;(H,6,7). The van der Waals surface area contributed by atoms with Crippen LogP contribution < -0.4 is 4.74 Å². The van der Waals surface area contributed by atoms with Crippen molar-refractivity contribution >= 4 is 17.7 Å². The molecule has 3 aromatic carbocycles. The number of piperidine rings is 1. The summed E-state index contributed by atoms with van der Waals surface area (Å²) >= 11 is 1.77. The summed E-state index contributed by atoms with van der Waals surface area (Å²) in [6.07, 6.45) is -0.549. The molecule has 0 saturated carbocycles. The van der Waals surface area contributed by atoms with E-state index in [4.69, 9.17) is 14.6 Å². The van der Waals surface area contributed by atoms with E-state index in [-0.39, 0.29) is 0 Å². The summed E-state index contributed by atoms with van der Waals surface area (Å²) in [5, 5.41) is 7.12. The number of benzene rings is 3. The third-order valence-electron chi connectivity index (χ3n) is 6.20. The maximum atomic E-state index is 10.6. The van der Waals surface area contributed by atoms with Crippen molar-refractivity contribution in [3.05, 3.63) is 83.9 Å². The fourth-order valence-electron chi connectivity index (χ4n) is 4.12. The van der Waals surface area contributed by atoms with Crippen LogP contribution in [0.1, 0.15) is 24.0 Å². The molecule has 1 aliphatic heterocycles. The van der Waals surface area contributed by atoms with E-state index in [2.05, 4.69) is 90.9 Å². The van der Waals surface area contributed by atoms with E-state index in [1.54, 1.807) is 11.8 Å². The number of alkyl halides is 3. The highest BCUT2D eigenvalue weighted by Gasteiger charge is 2.38. The van der Waals surface area contributed by atoms with E-state index >= 15 is 0 Å². The molecule has 1 fully saturated rings. The van der Waals surface area contributed by atoms with Gasteiger partial charge >= 0.3 is 12.1 Å². The number of thioether (sulfide) groups is 1. The second-order valence-electron chi connectivity index (χ2n) is 9.08. The predicted molar refractivity (Wildman–Crippen MR) is 142 cm³/mol. The molecule has 0 aliphatic carbocycles. The molecule has 0 radical (unpaired) electrons. The Morgan fingerprint density at radius 1 is 1.00 bits per heavy atom.